The predicted molar refractivity (Wildman–Crippen MR) is 149 cm³/mol. The number of nitrogens with one attached hydrogen (secondary N) is 2. The zero-order valence-corrected chi connectivity index (χ0v) is 21.8. The van der Waals surface area contributed by atoms with E-state index in [2.05, 4.69) is 51.7 Å². The maximum Gasteiger partial charge on any atom is 0.250 e. The fraction of sp³-hybridized carbons (Fsp3) is 0.281. The van der Waals surface area contributed by atoms with Crippen LogP contribution in [0.25, 0.3) is 22.4 Å². The van der Waals surface area contributed by atoms with Gasteiger partial charge in [0.25, 0.3) is 0 Å². The second kappa shape index (κ2) is 11.3. The molecule has 0 saturated carbocycles. The van der Waals surface area contributed by atoms with Crippen molar-refractivity contribution in [3.8, 4) is 22.4 Å². The van der Waals surface area contributed by atoms with Gasteiger partial charge in [-0.05, 0) is 47.9 Å². The molecule has 2 fully saturated rings. The van der Waals surface area contributed by atoms with Crippen molar-refractivity contribution in [2.45, 2.75) is 43.9 Å². The smallest absolute Gasteiger partial charge is 0.250 e. The quantitative estimate of drug-likeness (QED) is 0.340. The van der Waals surface area contributed by atoms with E-state index in [1.165, 1.54) is 5.56 Å². The second-order valence-corrected chi connectivity index (χ2v) is 10.2. The molecule has 0 radical (unpaired) electrons. The topological polar surface area (TPSA) is 87.3 Å². The third-order valence-corrected chi connectivity index (χ3v) is 7.64. The van der Waals surface area contributed by atoms with Crippen LogP contribution in [0.15, 0.2) is 91.1 Å². The van der Waals surface area contributed by atoms with Gasteiger partial charge in [0.05, 0.1) is 17.9 Å². The second-order valence-electron chi connectivity index (χ2n) is 10.2. The molecule has 0 spiro atoms. The van der Waals surface area contributed by atoms with Crippen LogP contribution in [-0.2, 0) is 14.3 Å². The molecular formula is C32H32N4O3. The number of hydrogen-bond donors (Lipinski definition) is 2. The molecule has 0 bridgehead atoms. The maximum atomic E-state index is 14.0. The lowest BCUT2D eigenvalue weighted by molar-refractivity contribution is -0.140. The third-order valence-electron chi connectivity index (χ3n) is 7.64. The van der Waals surface area contributed by atoms with E-state index in [9.17, 15) is 9.59 Å². The summed E-state index contributed by atoms with van der Waals surface area (Å²) in [6, 6.07) is 27.2. The molecule has 7 heteroatoms. The van der Waals surface area contributed by atoms with Crippen LogP contribution in [0, 0.1) is 0 Å². The van der Waals surface area contributed by atoms with Gasteiger partial charge in [0.15, 0.2) is 0 Å². The van der Waals surface area contributed by atoms with Gasteiger partial charge in [-0.3, -0.25) is 9.59 Å². The fourth-order valence-electron chi connectivity index (χ4n) is 5.56. The van der Waals surface area contributed by atoms with Crippen LogP contribution in [0.5, 0.6) is 0 Å². The Labute approximate surface area is 228 Å². The van der Waals surface area contributed by atoms with E-state index in [1.807, 2.05) is 59.6 Å². The van der Waals surface area contributed by atoms with E-state index in [0.29, 0.717) is 19.6 Å². The number of rotatable bonds is 7. The lowest BCUT2D eigenvalue weighted by atomic mass is 10.0. The summed E-state index contributed by atoms with van der Waals surface area (Å²) in [6.07, 6.45) is 4.55. The molecule has 2 saturated heterocycles. The molecule has 39 heavy (non-hydrogen) atoms. The van der Waals surface area contributed by atoms with Gasteiger partial charge in [0.1, 0.15) is 18.0 Å². The minimum atomic E-state index is -0.775. The molecule has 7 nitrogen and oxygen atoms in total. The van der Waals surface area contributed by atoms with E-state index in [4.69, 9.17) is 4.74 Å². The highest BCUT2D eigenvalue weighted by atomic mass is 16.5. The summed E-state index contributed by atoms with van der Waals surface area (Å²) in [5.41, 5.74) is 5.04. The van der Waals surface area contributed by atoms with Crippen LogP contribution >= 0.6 is 0 Å². The Balaban J connectivity index is 1.21. The minimum Gasteiger partial charge on any atom is -0.368 e. The Morgan fingerprint density at radius 2 is 1.56 bits per heavy atom. The van der Waals surface area contributed by atoms with Crippen molar-refractivity contribution in [1.82, 2.24) is 20.2 Å². The van der Waals surface area contributed by atoms with Crippen LogP contribution in [-0.4, -0.2) is 45.9 Å². The van der Waals surface area contributed by atoms with Gasteiger partial charge in [0, 0.05) is 13.2 Å². The third kappa shape index (κ3) is 5.36. The molecule has 2 amide bonds. The first-order valence-corrected chi connectivity index (χ1v) is 13.7. The number of hydrogen-bond acceptors (Lipinski definition) is 4. The van der Waals surface area contributed by atoms with Gasteiger partial charge in [0.2, 0.25) is 11.8 Å². The highest BCUT2D eigenvalue weighted by molar-refractivity contribution is 5.90. The fourth-order valence-corrected chi connectivity index (χ4v) is 5.56. The number of ether oxygens (including phenoxy) is 1. The SMILES string of the molecule is O=C(NC(C(=O)N1CCCC1c1ncc(-c2ccc(-c3ccccc3)cc2)[nH]1)c1ccccc1)C1CCCO1. The molecule has 3 atom stereocenters. The Morgan fingerprint density at radius 3 is 2.28 bits per heavy atom. The monoisotopic (exact) mass is 520 g/mol. The summed E-state index contributed by atoms with van der Waals surface area (Å²) in [5, 5.41) is 2.99. The van der Waals surface area contributed by atoms with Crippen molar-refractivity contribution in [3.05, 3.63) is 103 Å². The van der Waals surface area contributed by atoms with Crippen molar-refractivity contribution < 1.29 is 14.3 Å². The highest BCUT2D eigenvalue weighted by Crippen LogP contribution is 2.34. The Morgan fingerprint density at radius 1 is 0.872 bits per heavy atom. The van der Waals surface area contributed by atoms with Crippen LogP contribution in [0.4, 0.5) is 0 Å². The van der Waals surface area contributed by atoms with E-state index in [-0.39, 0.29) is 17.9 Å². The number of carbonyl (C=O) groups excluding carboxylic acids is 2. The number of benzene rings is 3. The highest BCUT2D eigenvalue weighted by Gasteiger charge is 2.38. The Hall–Kier alpha value is -4.23. The molecule has 2 aliphatic rings. The molecule has 6 rings (SSSR count). The minimum absolute atomic E-state index is 0.125. The average Bonchev–Trinajstić information content (AvgIpc) is 3.79. The first-order valence-electron chi connectivity index (χ1n) is 13.7. The van der Waals surface area contributed by atoms with E-state index >= 15 is 0 Å². The van der Waals surface area contributed by atoms with Crippen molar-refractivity contribution in [3.63, 3.8) is 0 Å². The Bertz CT molecular complexity index is 1410. The molecule has 4 aromatic rings. The average molecular weight is 521 g/mol. The van der Waals surface area contributed by atoms with Crippen molar-refractivity contribution in [1.29, 1.82) is 0 Å². The van der Waals surface area contributed by atoms with Gasteiger partial charge in [-0.1, -0.05) is 84.9 Å². The number of aromatic nitrogens is 2. The zero-order valence-electron chi connectivity index (χ0n) is 21.8. The molecule has 198 valence electrons. The normalized spacial score (nSPS) is 19.6. The summed E-state index contributed by atoms with van der Waals surface area (Å²) < 4.78 is 5.57. The van der Waals surface area contributed by atoms with Crippen molar-refractivity contribution >= 4 is 11.8 Å². The van der Waals surface area contributed by atoms with Crippen LogP contribution in [0.2, 0.25) is 0 Å². The summed E-state index contributed by atoms with van der Waals surface area (Å²) in [5.74, 6) is 0.408. The molecule has 3 unspecified atom stereocenters. The molecular weight excluding hydrogens is 488 g/mol. The maximum absolute atomic E-state index is 14.0. The number of imidazole rings is 1. The van der Waals surface area contributed by atoms with Gasteiger partial charge in [-0.15, -0.1) is 0 Å². The summed E-state index contributed by atoms with van der Waals surface area (Å²) in [7, 11) is 0. The predicted octanol–water partition coefficient (Wildman–Crippen LogP) is 5.44. The van der Waals surface area contributed by atoms with Crippen LogP contribution in [0.3, 0.4) is 0 Å². The van der Waals surface area contributed by atoms with E-state index in [0.717, 1.165) is 47.5 Å². The van der Waals surface area contributed by atoms with E-state index < -0.39 is 12.1 Å². The molecule has 1 aromatic heterocycles. The van der Waals surface area contributed by atoms with Gasteiger partial charge < -0.3 is 19.9 Å². The van der Waals surface area contributed by atoms with Crippen LogP contribution in [0.1, 0.15) is 49.2 Å². The van der Waals surface area contributed by atoms with Crippen molar-refractivity contribution in [2.24, 2.45) is 0 Å². The van der Waals surface area contributed by atoms with Crippen LogP contribution < -0.4 is 5.32 Å². The molecule has 3 aromatic carbocycles. The molecule has 2 aliphatic heterocycles. The molecule has 2 N–H and O–H groups in total. The number of nitrogens with zero attached hydrogens (tertiary/aromatic N) is 2. The van der Waals surface area contributed by atoms with Crippen molar-refractivity contribution in [2.75, 3.05) is 13.2 Å². The zero-order chi connectivity index (χ0) is 26.6. The lowest BCUT2D eigenvalue weighted by Crippen LogP contribution is -2.45. The molecule has 3 heterocycles. The number of aromatic amines is 1. The lowest BCUT2D eigenvalue weighted by Gasteiger charge is -2.29. The van der Waals surface area contributed by atoms with E-state index in [1.54, 1.807) is 0 Å². The Kier molecular flexibility index (Phi) is 7.23. The summed E-state index contributed by atoms with van der Waals surface area (Å²) in [4.78, 5) is 36.9. The standard InChI is InChI=1S/C32H32N4O3/c37-31(28-14-8-20-39-28)35-29(25-11-5-2-6-12-25)32(38)36-19-7-13-27(36)30-33-21-26(34-30)24-17-15-23(16-18-24)22-9-3-1-4-10-22/h1-6,9-12,15-18,21,27-29H,7-8,13-14,19-20H2,(H,33,34)(H,35,37). The first-order chi connectivity index (χ1) is 19.2. The van der Waals surface area contributed by atoms with Gasteiger partial charge >= 0.3 is 0 Å². The number of amides is 2. The number of likely N-dealkylation sites (tertiary alicyclic amines) is 1. The number of H-pyrrole nitrogens is 1. The largest absolute Gasteiger partial charge is 0.368 e. The summed E-state index contributed by atoms with van der Waals surface area (Å²) in [6.45, 7) is 1.19. The first kappa shape index (κ1) is 25.1. The summed E-state index contributed by atoms with van der Waals surface area (Å²) >= 11 is 0. The van der Waals surface area contributed by atoms with Gasteiger partial charge in [-0.25, -0.2) is 4.98 Å². The number of carbonyl (C=O) groups is 2. The molecule has 0 aliphatic carbocycles. The van der Waals surface area contributed by atoms with Gasteiger partial charge in [-0.2, -0.15) is 0 Å².